The van der Waals surface area contributed by atoms with Crippen LogP contribution in [0.15, 0.2) is 36.5 Å². The molecule has 0 aliphatic heterocycles. The lowest BCUT2D eigenvalue weighted by Crippen LogP contribution is -2.10. The van der Waals surface area contributed by atoms with Gasteiger partial charge in [-0.15, -0.1) is 0 Å². The number of hydrogen-bond donors (Lipinski definition) is 1. The van der Waals surface area contributed by atoms with E-state index in [1.54, 1.807) is 0 Å². The predicted molar refractivity (Wildman–Crippen MR) is 72.5 cm³/mol. The molecule has 1 aliphatic rings. The average Bonchev–Trinajstić information content (AvgIpc) is 2.87. The Balaban J connectivity index is 1.77. The molecule has 1 N–H and O–H groups in total. The number of rotatable bonds is 3. The van der Waals surface area contributed by atoms with Gasteiger partial charge in [0.25, 0.3) is 0 Å². The first kappa shape index (κ1) is 11.2. The zero-order chi connectivity index (χ0) is 12.4. The van der Waals surface area contributed by atoms with E-state index in [1.807, 2.05) is 24.4 Å². The van der Waals surface area contributed by atoms with Gasteiger partial charge in [-0.3, -0.25) is 4.98 Å². The highest BCUT2D eigenvalue weighted by Crippen LogP contribution is 2.23. The Kier molecular flexibility index (Phi) is 2.97. The molecule has 3 rings (SSSR count). The molecule has 0 radical (unpaired) electrons. The highest BCUT2D eigenvalue weighted by Gasteiger charge is 2.13. The molecule has 3 heteroatoms. The Morgan fingerprint density at radius 3 is 2.94 bits per heavy atom. The van der Waals surface area contributed by atoms with Crippen LogP contribution in [0.1, 0.15) is 36.3 Å². The van der Waals surface area contributed by atoms with Crippen molar-refractivity contribution in [2.45, 2.75) is 32.2 Å². The molecular formula is C15H17N3. The molecule has 1 unspecified atom stereocenters. The number of hydrogen-bond acceptors (Lipinski definition) is 3. The van der Waals surface area contributed by atoms with Crippen LogP contribution in [0.5, 0.6) is 0 Å². The summed E-state index contributed by atoms with van der Waals surface area (Å²) in [5.41, 5.74) is 3.71. The van der Waals surface area contributed by atoms with Gasteiger partial charge in [-0.25, -0.2) is 4.98 Å². The molecule has 2 aromatic heterocycles. The van der Waals surface area contributed by atoms with Crippen molar-refractivity contribution in [3.8, 4) is 0 Å². The number of pyridine rings is 2. The summed E-state index contributed by atoms with van der Waals surface area (Å²) in [5, 5.41) is 3.41. The fourth-order valence-electron chi connectivity index (χ4n) is 2.43. The van der Waals surface area contributed by atoms with Gasteiger partial charge in [-0.2, -0.15) is 0 Å². The molecule has 1 atom stereocenters. The third-order valence-electron chi connectivity index (χ3n) is 3.42. The van der Waals surface area contributed by atoms with E-state index in [0.29, 0.717) is 0 Å². The van der Waals surface area contributed by atoms with Crippen molar-refractivity contribution in [2.24, 2.45) is 0 Å². The highest BCUT2D eigenvalue weighted by molar-refractivity contribution is 5.42. The van der Waals surface area contributed by atoms with E-state index in [-0.39, 0.29) is 6.04 Å². The Morgan fingerprint density at radius 1 is 1.17 bits per heavy atom. The smallest absolute Gasteiger partial charge is 0.126 e. The standard InChI is InChI=1S/C15H17N3/c1-11(13-6-2-3-10-16-13)17-15-9-8-12-5-4-7-14(12)18-15/h2-3,6,8-11H,4-5,7H2,1H3,(H,17,18). The number of aromatic nitrogens is 2. The zero-order valence-electron chi connectivity index (χ0n) is 10.6. The first-order chi connectivity index (χ1) is 8.83. The van der Waals surface area contributed by atoms with Crippen LogP contribution in [-0.4, -0.2) is 9.97 Å². The zero-order valence-corrected chi connectivity index (χ0v) is 10.6. The van der Waals surface area contributed by atoms with Crippen molar-refractivity contribution in [1.29, 1.82) is 0 Å². The van der Waals surface area contributed by atoms with Crippen LogP contribution >= 0.6 is 0 Å². The van der Waals surface area contributed by atoms with E-state index < -0.39 is 0 Å². The monoisotopic (exact) mass is 239 g/mol. The fraction of sp³-hybridized carbons (Fsp3) is 0.333. The Morgan fingerprint density at radius 2 is 2.11 bits per heavy atom. The van der Waals surface area contributed by atoms with E-state index in [9.17, 15) is 0 Å². The normalized spacial score (nSPS) is 15.2. The number of aryl methyl sites for hydroxylation is 2. The van der Waals surface area contributed by atoms with Crippen molar-refractivity contribution in [2.75, 3.05) is 5.32 Å². The molecule has 0 saturated carbocycles. The van der Waals surface area contributed by atoms with Crippen molar-refractivity contribution in [3.63, 3.8) is 0 Å². The van der Waals surface area contributed by atoms with Crippen molar-refractivity contribution in [1.82, 2.24) is 9.97 Å². The molecule has 2 heterocycles. The minimum atomic E-state index is 0.179. The molecule has 0 spiro atoms. The van der Waals surface area contributed by atoms with E-state index in [0.717, 1.165) is 17.9 Å². The quantitative estimate of drug-likeness (QED) is 0.894. The minimum absolute atomic E-state index is 0.179. The van der Waals surface area contributed by atoms with E-state index >= 15 is 0 Å². The van der Waals surface area contributed by atoms with E-state index in [4.69, 9.17) is 0 Å². The van der Waals surface area contributed by atoms with Crippen LogP contribution in [0.25, 0.3) is 0 Å². The van der Waals surface area contributed by atoms with Crippen molar-refractivity contribution in [3.05, 3.63) is 53.5 Å². The van der Waals surface area contributed by atoms with Gasteiger partial charge in [-0.1, -0.05) is 12.1 Å². The molecule has 0 amide bonds. The maximum atomic E-state index is 4.68. The minimum Gasteiger partial charge on any atom is -0.362 e. The molecule has 3 nitrogen and oxygen atoms in total. The van der Waals surface area contributed by atoms with Crippen molar-refractivity contribution < 1.29 is 0 Å². The lowest BCUT2D eigenvalue weighted by atomic mass is 10.2. The lowest BCUT2D eigenvalue weighted by Gasteiger charge is -2.14. The van der Waals surface area contributed by atoms with Gasteiger partial charge in [0.1, 0.15) is 5.82 Å². The summed E-state index contributed by atoms with van der Waals surface area (Å²) >= 11 is 0. The summed E-state index contributed by atoms with van der Waals surface area (Å²) in [6.45, 7) is 2.11. The maximum absolute atomic E-state index is 4.68. The molecule has 0 fully saturated rings. The summed E-state index contributed by atoms with van der Waals surface area (Å²) in [6.07, 6.45) is 5.35. The second-order valence-corrected chi connectivity index (χ2v) is 4.78. The molecule has 0 saturated heterocycles. The topological polar surface area (TPSA) is 37.8 Å². The van der Waals surface area contributed by atoms with Crippen LogP contribution in [0.4, 0.5) is 5.82 Å². The first-order valence-corrected chi connectivity index (χ1v) is 6.49. The van der Waals surface area contributed by atoms with Crippen LogP contribution in [0.2, 0.25) is 0 Å². The van der Waals surface area contributed by atoms with Gasteiger partial charge >= 0.3 is 0 Å². The van der Waals surface area contributed by atoms with Crippen LogP contribution in [0, 0.1) is 0 Å². The summed E-state index contributed by atoms with van der Waals surface area (Å²) in [6, 6.07) is 10.4. The number of nitrogens with zero attached hydrogens (tertiary/aromatic N) is 2. The van der Waals surface area contributed by atoms with Crippen LogP contribution < -0.4 is 5.32 Å². The molecule has 1 aliphatic carbocycles. The Labute approximate surface area is 107 Å². The highest BCUT2D eigenvalue weighted by atomic mass is 15.0. The van der Waals surface area contributed by atoms with Gasteiger partial charge < -0.3 is 5.32 Å². The van der Waals surface area contributed by atoms with Gasteiger partial charge in [0.05, 0.1) is 11.7 Å². The Hall–Kier alpha value is -1.90. The summed E-state index contributed by atoms with van der Waals surface area (Å²) in [4.78, 5) is 9.04. The average molecular weight is 239 g/mol. The fourth-order valence-corrected chi connectivity index (χ4v) is 2.43. The third kappa shape index (κ3) is 2.21. The molecule has 0 aromatic carbocycles. The molecule has 92 valence electrons. The molecular weight excluding hydrogens is 222 g/mol. The third-order valence-corrected chi connectivity index (χ3v) is 3.42. The van der Waals surface area contributed by atoms with Crippen LogP contribution in [-0.2, 0) is 12.8 Å². The predicted octanol–water partition coefficient (Wildman–Crippen LogP) is 3.14. The van der Waals surface area contributed by atoms with Gasteiger partial charge in [-0.05, 0) is 49.9 Å². The lowest BCUT2D eigenvalue weighted by molar-refractivity contribution is 0.828. The Bertz CT molecular complexity index is 537. The first-order valence-electron chi connectivity index (χ1n) is 6.49. The largest absolute Gasteiger partial charge is 0.362 e. The van der Waals surface area contributed by atoms with Crippen LogP contribution in [0.3, 0.4) is 0 Å². The SMILES string of the molecule is CC(Nc1ccc2c(n1)CCC2)c1ccccn1. The molecule has 0 bridgehead atoms. The van der Waals surface area contributed by atoms with Crippen molar-refractivity contribution >= 4 is 5.82 Å². The molecule has 18 heavy (non-hydrogen) atoms. The van der Waals surface area contributed by atoms with Gasteiger partial charge in [0.2, 0.25) is 0 Å². The summed E-state index contributed by atoms with van der Waals surface area (Å²) in [7, 11) is 0. The van der Waals surface area contributed by atoms with E-state index in [1.165, 1.54) is 24.1 Å². The molecule has 2 aromatic rings. The number of anilines is 1. The second kappa shape index (κ2) is 4.77. The number of fused-ring (bicyclic) bond motifs is 1. The van der Waals surface area contributed by atoms with Gasteiger partial charge in [0.15, 0.2) is 0 Å². The summed E-state index contributed by atoms with van der Waals surface area (Å²) < 4.78 is 0. The van der Waals surface area contributed by atoms with Gasteiger partial charge in [0, 0.05) is 11.9 Å². The maximum Gasteiger partial charge on any atom is 0.126 e. The second-order valence-electron chi connectivity index (χ2n) is 4.78. The van der Waals surface area contributed by atoms with E-state index in [2.05, 4.69) is 34.3 Å². The summed E-state index contributed by atoms with van der Waals surface area (Å²) in [5.74, 6) is 0.953. The number of nitrogens with one attached hydrogen (secondary N) is 1.